The van der Waals surface area contributed by atoms with Crippen LogP contribution in [0.15, 0.2) is 40.0 Å². The van der Waals surface area contributed by atoms with Crippen molar-refractivity contribution in [2.24, 2.45) is 0 Å². The molecule has 2 N–H and O–H groups in total. The predicted octanol–water partition coefficient (Wildman–Crippen LogP) is 3.77. The molecule has 0 spiro atoms. The zero-order chi connectivity index (χ0) is 13.9. The average Bonchev–Trinajstić information content (AvgIpc) is 2.85. The summed E-state index contributed by atoms with van der Waals surface area (Å²) in [5.41, 5.74) is 8.01. The average molecular weight is 302 g/mol. The molecule has 0 saturated carbocycles. The Morgan fingerprint density at radius 3 is 2.90 bits per heavy atom. The smallest absolute Gasteiger partial charge is 0.157 e. The molecule has 4 nitrogen and oxygen atoms in total. The first-order chi connectivity index (χ1) is 9.78. The Balaban J connectivity index is 1.96. The fourth-order valence-electron chi connectivity index (χ4n) is 1.96. The van der Waals surface area contributed by atoms with Crippen molar-refractivity contribution in [3.05, 3.63) is 36.2 Å². The highest BCUT2D eigenvalue weighted by Gasteiger charge is 2.12. The van der Waals surface area contributed by atoms with Crippen molar-refractivity contribution < 1.29 is 0 Å². The first kappa shape index (κ1) is 13.3. The van der Waals surface area contributed by atoms with Gasteiger partial charge in [-0.05, 0) is 30.3 Å². The number of thiazole rings is 1. The maximum atomic E-state index is 5.95. The van der Waals surface area contributed by atoms with Crippen LogP contribution in [-0.4, -0.2) is 15.0 Å². The molecule has 0 radical (unpaired) electrons. The molecule has 2 aromatic heterocycles. The first-order valence-corrected chi connectivity index (χ1v) is 8.04. The molecule has 0 aliphatic heterocycles. The van der Waals surface area contributed by atoms with Gasteiger partial charge in [0.1, 0.15) is 17.2 Å². The van der Waals surface area contributed by atoms with Gasteiger partial charge in [0.05, 0.1) is 10.2 Å². The highest BCUT2D eigenvalue weighted by Crippen LogP contribution is 2.35. The van der Waals surface area contributed by atoms with Crippen LogP contribution in [0.1, 0.15) is 18.9 Å². The van der Waals surface area contributed by atoms with Crippen LogP contribution < -0.4 is 5.73 Å². The van der Waals surface area contributed by atoms with Crippen LogP contribution in [0.25, 0.3) is 10.2 Å². The molecular formula is C14H14N4S2. The number of hydrogen-bond acceptors (Lipinski definition) is 6. The summed E-state index contributed by atoms with van der Waals surface area (Å²) in [5, 5.41) is 0.915. The summed E-state index contributed by atoms with van der Waals surface area (Å²) in [5.74, 6) is 0.575. The minimum absolute atomic E-state index is 0.575. The van der Waals surface area contributed by atoms with Crippen LogP contribution in [0.3, 0.4) is 0 Å². The third kappa shape index (κ3) is 2.62. The molecule has 0 saturated heterocycles. The number of nitrogens with zero attached hydrogens (tertiary/aromatic N) is 3. The summed E-state index contributed by atoms with van der Waals surface area (Å²) in [6.07, 6.45) is 3.43. The van der Waals surface area contributed by atoms with E-state index in [1.807, 2.05) is 18.2 Å². The summed E-state index contributed by atoms with van der Waals surface area (Å²) in [6, 6.07) is 8.14. The van der Waals surface area contributed by atoms with Crippen LogP contribution in [0.5, 0.6) is 0 Å². The van der Waals surface area contributed by atoms with Crippen LogP contribution >= 0.6 is 23.1 Å². The second-order valence-corrected chi connectivity index (χ2v) is 6.61. The van der Waals surface area contributed by atoms with Crippen molar-refractivity contribution in [2.45, 2.75) is 29.1 Å². The SMILES string of the molecule is CCCc1c(N)ncnc1Sc1nc2ccccc2s1. The van der Waals surface area contributed by atoms with E-state index >= 15 is 0 Å². The number of anilines is 1. The van der Waals surface area contributed by atoms with Crippen molar-refractivity contribution in [1.29, 1.82) is 0 Å². The van der Waals surface area contributed by atoms with Gasteiger partial charge in [-0.1, -0.05) is 25.5 Å². The van der Waals surface area contributed by atoms with Gasteiger partial charge >= 0.3 is 0 Å². The molecule has 0 unspecified atom stereocenters. The largest absolute Gasteiger partial charge is 0.383 e. The van der Waals surface area contributed by atoms with E-state index in [4.69, 9.17) is 5.73 Å². The van der Waals surface area contributed by atoms with E-state index in [9.17, 15) is 0 Å². The monoisotopic (exact) mass is 302 g/mol. The van der Waals surface area contributed by atoms with Gasteiger partial charge in [-0.25, -0.2) is 15.0 Å². The van der Waals surface area contributed by atoms with Gasteiger partial charge in [-0.15, -0.1) is 11.3 Å². The van der Waals surface area contributed by atoms with E-state index in [2.05, 4.69) is 27.9 Å². The van der Waals surface area contributed by atoms with Crippen LogP contribution in [0.2, 0.25) is 0 Å². The lowest BCUT2D eigenvalue weighted by Crippen LogP contribution is -2.01. The van der Waals surface area contributed by atoms with E-state index < -0.39 is 0 Å². The number of rotatable bonds is 4. The second kappa shape index (κ2) is 5.76. The van der Waals surface area contributed by atoms with Crippen LogP contribution in [0.4, 0.5) is 5.82 Å². The number of hydrogen-bond donors (Lipinski definition) is 1. The normalized spacial score (nSPS) is 11.1. The van der Waals surface area contributed by atoms with E-state index in [1.165, 1.54) is 11.0 Å². The first-order valence-electron chi connectivity index (χ1n) is 6.40. The topological polar surface area (TPSA) is 64.7 Å². The lowest BCUT2D eigenvalue weighted by Gasteiger charge is -2.07. The van der Waals surface area contributed by atoms with E-state index in [1.54, 1.807) is 23.1 Å². The van der Waals surface area contributed by atoms with Gasteiger partial charge in [0.25, 0.3) is 0 Å². The third-order valence-electron chi connectivity index (χ3n) is 2.90. The summed E-state index contributed by atoms with van der Waals surface area (Å²) in [7, 11) is 0. The van der Waals surface area contributed by atoms with Gasteiger partial charge < -0.3 is 5.73 Å². The molecular weight excluding hydrogens is 288 g/mol. The van der Waals surface area contributed by atoms with Crippen LogP contribution in [-0.2, 0) is 6.42 Å². The Morgan fingerprint density at radius 2 is 2.10 bits per heavy atom. The number of nitrogens with two attached hydrogens (primary N) is 1. The van der Waals surface area contributed by atoms with Crippen molar-refractivity contribution >= 4 is 39.1 Å². The Hall–Kier alpha value is -1.66. The number of para-hydroxylation sites is 1. The molecule has 0 aliphatic rings. The van der Waals surface area contributed by atoms with E-state index in [0.29, 0.717) is 5.82 Å². The molecule has 0 fully saturated rings. The molecule has 102 valence electrons. The lowest BCUT2D eigenvalue weighted by atomic mass is 10.2. The summed E-state index contributed by atoms with van der Waals surface area (Å²) < 4.78 is 2.18. The Labute approximate surface area is 125 Å². The number of fused-ring (bicyclic) bond motifs is 1. The highest BCUT2D eigenvalue weighted by atomic mass is 32.2. The quantitative estimate of drug-likeness (QED) is 0.743. The molecule has 1 aromatic carbocycles. The second-order valence-electron chi connectivity index (χ2n) is 4.34. The molecule has 20 heavy (non-hydrogen) atoms. The Morgan fingerprint density at radius 1 is 1.25 bits per heavy atom. The molecule has 0 atom stereocenters. The summed E-state index contributed by atoms with van der Waals surface area (Å²) in [4.78, 5) is 13.1. The Kier molecular flexibility index (Phi) is 3.84. The molecule has 3 rings (SSSR count). The van der Waals surface area contributed by atoms with Crippen molar-refractivity contribution in [1.82, 2.24) is 15.0 Å². The van der Waals surface area contributed by atoms with Crippen molar-refractivity contribution in [2.75, 3.05) is 5.73 Å². The minimum Gasteiger partial charge on any atom is -0.383 e. The number of benzene rings is 1. The van der Waals surface area contributed by atoms with Gasteiger partial charge in [0.15, 0.2) is 4.34 Å². The molecule has 0 bridgehead atoms. The van der Waals surface area contributed by atoms with Gasteiger partial charge in [0.2, 0.25) is 0 Å². The summed E-state index contributed by atoms with van der Waals surface area (Å²) >= 11 is 3.25. The number of nitrogen functional groups attached to an aromatic ring is 1. The maximum absolute atomic E-state index is 5.95. The zero-order valence-corrected chi connectivity index (χ0v) is 12.7. The fraction of sp³-hybridized carbons (Fsp3) is 0.214. The third-order valence-corrected chi connectivity index (χ3v) is 5.04. The van der Waals surface area contributed by atoms with Crippen molar-refractivity contribution in [3.8, 4) is 0 Å². The molecule has 0 aliphatic carbocycles. The van der Waals surface area contributed by atoms with E-state index in [-0.39, 0.29) is 0 Å². The minimum atomic E-state index is 0.575. The molecule has 2 heterocycles. The molecule has 0 amide bonds. The fourth-order valence-corrected chi connectivity index (χ4v) is 4.07. The maximum Gasteiger partial charge on any atom is 0.157 e. The van der Waals surface area contributed by atoms with Gasteiger partial charge in [-0.3, -0.25) is 0 Å². The van der Waals surface area contributed by atoms with Crippen LogP contribution in [0, 0.1) is 0 Å². The lowest BCUT2D eigenvalue weighted by molar-refractivity contribution is 0.861. The van der Waals surface area contributed by atoms with Gasteiger partial charge in [0, 0.05) is 5.56 Å². The highest BCUT2D eigenvalue weighted by molar-refractivity contribution is 8.01. The number of aromatic nitrogens is 3. The molecule has 3 aromatic rings. The predicted molar refractivity (Wildman–Crippen MR) is 84.2 cm³/mol. The van der Waals surface area contributed by atoms with Gasteiger partial charge in [-0.2, -0.15) is 0 Å². The molecule has 6 heteroatoms. The van der Waals surface area contributed by atoms with Crippen molar-refractivity contribution in [3.63, 3.8) is 0 Å². The zero-order valence-electron chi connectivity index (χ0n) is 11.0. The Bertz CT molecular complexity index is 706. The standard InChI is InChI=1S/C14H14N4S2/c1-2-5-9-12(15)16-8-17-13(9)20-14-18-10-6-3-4-7-11(10)19-14/h3-4,6-8H,2,5H2,1H3,(H2,15,16,17). The van der Waals surface area contributed by atoms with E-state index in [0.717, 1.165) is 33.3 Å². The summed E-state index contributed by atoms with van der Waals surface area (Å²) in [6.45, 7) is 2.12.